The fourth-order valence-corrected chi connectivity index (χ4v) is 3.27. The van der Waals surface area contributed by atoms with E-state index in [4.69, 9.17) is 0 Å². The normalized spacial score (nSPS) is 10.8. The molecule has 0 saturated carbocycles. The average molecular weight is 259 g/mol. The summed E-state index contributed by atoms with van der Waals surface area (Å²) in [7, 11) is 0. The summed E-state index contributed by atoms with van der Waals surface area (Å²) in [6.45, 7) is 8.46. The molecule has 0 saturated heterocycles. The molecule has 2 aromatic rings. The molecule has 18 heavy (non-hydrogen) atoms. The SMILES string of the molecule is CCc1ccsc1CNCc1cc(C)cc(C)c1. The van der Waals surface area contributed by atoms with Gasteiger partial charge in [0.2, 0.25) is 0 Å². The standard InChI is InChI=1S/C16H21NS/c1-4-15-5-6-18-16(15)11-17-10-14-8-12(2)7-13(3)9-14/h5-9,17H,4,10-11H2,1-3H3. The minimum Gasteiger partial charge on any atom is -0.308 e. The zero-order chi connectivity index (χ0) is 13.0. The molecule has 1 aromatic heterocycles. The Morgan fingerprint density at radius 1 is 1.06 bits per heavy atom. The molecule has 1 nitrogen and oxygen atoms in total. The largest absolute Gasteiger partial charge is 0.308 e. The minimum absolute atomic E-state index is 0.948. The Bertz CT molecular complexity index is 493. The zero-order valence-corrected chi connectivity index (χ0v) is 12.2. The van der Waals surface area contributed by atoms with Crippen molar-refractivity contribution in [1.29, 1.82) is 0 Å². The van der Waals surface area contributed by atoms with Crippen molar-refractivity contribution in [2.45, 2.75) is 40.3 Å². The Morgan fingerprint density at radius 3 is 2.44 bits per heavy atom. The van der Waals surface area contributed by atoms with Gasteiger partial charge in [0.1, 0.15) is 0 Å². The van der Waals surface area contributed by atoms with Crippen molar-refractivity contribution >= 4 is 11.3 Å². The molecule has 2 rings (SSSR count). The summed E-state index contributed by atoms with van der Waals surface area (Å²) < 4.78 is 0. The van der Waals surface area contributed by atoms with Gasteiger partial charge in [-0.15, -0.1) is 11.3 Å². The van der Waals surface area contributed by atoms with Crippen LogP contribution in [0.15, 0.2) is 29.6 Å². The molecule has 1 heterocycles. The Hall–Kier alpha value is -1.12. The predicted molar refractivity (Wildman–Crippen MR) is 80.2 cm³/mol. The number of aryl methyl sites for hydroxylation is 3. The summed E-state index contributed by atoms with van der Waals surface area (Å²) in [5.74, 6) is 0. The molecule has 0 aliphatic rings. The van der Waals surface area contributed by atoms with E-state index in [1.807, 2.05) is 11.3 Å². The molecule has 1 aromatic carbocycles. The van der Waals surface area contributed by atoms with Crippen LogP contribution >= 0.6 is 11.3 Å². The van der Waals surface area contributed by atoms with Gasteiger partial charge in [-0.05, 0) is 42.8 Å². The third-order valence-electron chi connectivity index (χ3n) is 3.11. The van der Waals surface area contributed by atoms with Crippen LogP contribution in [0.2, 0.25) is 0 Å². The zero-order valence-electron chi connectivity index (χ0n) is 11.4. The third kappa shape index (κ3) is 3.44. The Labute approximate surface area is 114 Å². The fraction of sp³-hybridized carbons (Fsp3) is 0.375. The Balaban J connectivity index is 1.92. The molecular formula is C16H21NS. The van der Waals surface area contributed by atoms with Gasteiger partial charge in [0.05, 0.1) is 0 Å². The van der Waals surface area contributed by atoms with Crippen LogP contribution in [0.25, 0.3) is 0 Å². The highest BCUT2D eigenvalue weighted by Crippen LogP contribution is 2.17. The van der Waals surface area contributed by atoms with Crippen LogP contribution in [0.3, 0.4) is 0 Å². The second-order valence-electron chi connectivity index (χ2n) is 4.82. The lowest BCUT2D eigenvalue weighted by molar-refractivity contribution is 0.696. The predicted octanol–water partition coefficient (Wildman–Crippen LogP) is 4.22. The van der Waals surface area contributed by atoms with Gasteiger partial charge in [0.15, 0.2) is 0 Å². The van der Waals surface area contributed by atoms with E-state index in [0.29, 0.717) is 0 Å². The number of nitrogens with one attached hydrogen (secondary N) is 1. The maximum atomic E-state index is 3.54. The maximum absolute atomic E-state index is 3.54. The molecule has 0 aliphatic heterocycles. The lowest BCUT2D eigenvalue weighted by Crippen LogP contribution is -2.12. The first-order valence-corrected chi connectivity index (χ1v) is 7.40. The van der Waals surface area contributed by atoms with Crippen molar-refractivity contribution in [2.75, 3.05) is 0 Å². The summed E-state index contributed by atoms with van der Waals surface area (Å²) in [6.07, 6.45) is 1.13. The highest BCUT2D eigenvalue weighted by atomic mass is 32.1. The quantitative estimate of drug-likeness (QED) is 0.848. The summed E-state index contributed by atoms with van der Waals surface area (Å²) in [5, 5.41) is 5.73. The fourth-order valence-electron chi connectivity index (χ4n) is 2.33. The lowest BCUT2D eigenvalue weighted by atomic mass is 10.1. The van der Waals surface area contributed by atoms with Crippen molar-refractivity contribution in [3.8, 4) is 0 Å². The molecule has 0 atom stereocenters. The Morgan fingerprint density at radius 2 is 1.78 bits per heavy atom. The summed E-state index contributed by atoms with van der Waals surface area (Å²) >= 11 is 1.85. The molecule has 0 aliphatic carbocycles. The van der Waals surface area contributed by atoms with E-state index in [1.54, 1.807) is 0 Å². The van der Waals surface area contributed by atoms with Crippen LogP contribution in [0.1, 0.15) is 34.1 Å². The van der Waals surface area contributed by atoms with Crippen LogP contribution in [-0.2, 0) is 19.5 Å². The van der Waals surface area contributed by atoms with Gasteiger partial charge in [-0.25, -0.2) is 0 Å². The molecule has 0 radical (unpaired) electrons. The van der Waals surface area contributed by atoms with Crippen molar-refractivity contribution in [2.24, 2.45) is 0 Å². The van der Waals surface area contributed by atoms with Crippen LogP contribution in [-0.4, -0.2) is 0 Å². The van der Waals surface area contributed by atoms with Gasteiger partial charge in [-0.2, -0.15) is 0 Å². The number of thiophene rings is 1. The van der Waals surface area contributed by atoms with E-state index in [0.717, 1.165) is 19.5 Å². The highest BCUT2D eigenvalue weighted by Gasteiger charge is 2.02. The molecule has 0 bridgehead atoms. The van der Waals surface area contributed by atoms with Crippen molar-refractivity contribution < 1.29 is 0 Å². The van der Waals surface area contributed by atoms with E-state index in [9.17, 15) is 0 Å². The second kappa shape index (κ2) is 6.17. The molecule has 0 spiro atoms. The monoisotopic (exact) mass is 259 g/mol. The van der Waals surface area contributed by atoms with E-state index in [-0.39, 0.29) is 0 Å². The molecule has 96 valence electrons. The lowest BCUT2D eigenvalue weighted by Gasteiger charge is -2.07. The van der Waals surface area contributed by atoms with Crippen LogP contribution in [0.4, 0.5) is 0 Å². The summed E-state index contributed by atoms with van der Waals surface area (Å²) in [5.41, 5.74) is 5.55. The first-order chi connectivity index (χ1) is 8.69. The second-order valence-corrected chi connectivity index (χ2v) is 5.82. The van der Waals surface area contributed by atoms with Gasteiger partial charge >= 0.3 is 0 Å². The van der Waals surface area contributed by atoms with Gasteiger partial charge in [-0.1, -0.05) is 36.2 Å². The first-order valence-electron chi connectivity index (χ1n) is 6.52. The minimum atomic E-state index is 0.948. The third-order valence-corrected chi connectivity index (χ3v) is 4.08. The number of hydrogen-bond acceptors (Lipinski definition) is 2. The van der Waals surface area contributed by atoms with Crippen LogP contribution < -0.4 is 5.32 Å². The van der Waals surface area contributed by atoms with Crippen molar-refractivity contribution in [3.63, 3.8) is 0 Å². The first kappa shape index (κ1) is 13.3. The van der Waals surface area contributed by atoms with Crippen LogP contribution in [0, 0.1) is 13.8 Å². The molecule has 0 amide bonds. The smallest absolute Gasteiger partial charge is 0.0305 e. The number of hydrogen-bond donors (Lipinski definition) is 1. The van der Waals surface area contributed by atoms with Crippen LogP contribution in [0.5, 0.6) is 0 Å². The number of rotatable bonds is 5. The molecule has 0 unspecified atom stereocenters. The van der Waals surface area contributed by atoms with E-state index < -0.39 is 0 Å². The number of benzene rings is 1. The van der Waals surface area contributed by atoms with E-state index in [1.165, 1.54) is 27.1 Å². The molecule has 1 N–H and O–H groups in total. The maximum Gasteiger partial charge on any atom is 0.0305 e. The average Bonchev–Trinajstić information content (AvgIpc) is 2.75. The van der Waals surface area contributed by atoms with Gasteiger partial charge in [0.25, 0.3) is 0 Å². The van der Waals surface area contributed by atoms with Crippen molar-refractivity contribution in [3.05, 3.63) is 56.8 Å². The van der Waals surface area contributed by atoms with Gasteiger partial charge in [0, 0.05) is 18.0 Å². The molecule has 2 heteroatoms. The topological polar surface area (TPSA) is 12.0 Å². The molecular weight excluding hydrogens is 238 g/mol. The van der Waals surface area contributed by atoms with E-state index in [2.05, 4.69) is 55.7 Å². The van der Waals surface area contributed by atoms with E-state index >= 15 is 0 Å². The van der Waals surface area contributed by atoms with Gasteiger partial charge in [-0.3, -0.25) is 0 Å². The summed E-state index contributed by atoms with van der Waals surface area (Å²) in [4.78, 5) is 1.47. The van der Waals surface area contributed by atoms with Crippen molar-refractivity contribution in [1.82, 2.24) is 5.32 Å². The Kier molecular flexibility index (Phi) is 4.56. The highest BCUT2D eigenvalue weighted by molar-refractivity contribution is 7.10. The summed E-state index contributed by atoms with van der Waals surface area (Å²) in [6, 6.07) is 8.97. The molecule has 0 fully saturated rings. The van der Waals surface area contributed by atoms with Gasteiger partial charge < -0.3 is 5.32 Å².